The van der Waals surface area contributed by atoms with Crippen LogP contribution in [0.2, 0.25) is 5.02 Å². The molecule has 108 valence electrons. The van der Waals surface area contributed by atoms with Gasteiger partial charge in [0.1, 0.15) is 11.3 Å². The molecule has 1 aliphatic rings. The fourth-order valence-corrected chi connectivity index (χ4v) is 2.89. The largest absolute Gasteiger partial charge is 0.390 e. The Balaban J connectivity index is 2.43. The van der Waals surface area contributed by atoms with Gasteiger partial charge in [-0.05, 0) is 5.53 Å². The van der Waals surface area contributed by atoms with Gasteiger partial charge in [-0.3, -0.25) is 14.3 Å². The summed E-state index contributed by atoms with van der Waals surface area (Å²) in [7, 11) is 0. The van der Waals surface area contributed by atoms with Crippen molar-refractivity contribution in [1.29, 1.82) is 0 Å². The van der Waals surface area contributed by atoms with Crippen LogP contribution in [0.4, 0.5) is 0 Å². The van der Waals surface area contributed by atoms with Crippen LogP contribution in [0.1, 0.15) is 12.6 Å². The molecule has 0 aromatic carbocycles. The van der Waals surface area contributed by atoms with Crippen LogP contribution in [0.3, 0.4) is 0 Å². The number of nitrogens with zero attached hydrogens (tertiary/aromatic N) is 4. The number of aromatic amines is 1. The lowest BCUT2D eigenvalue weighted by atomic mass is 10.1. The SMILES string of the molecule is [N-]=[N+]=N[C@]1(CI)O[C@@H](n2cc(Cl)c(=O)[nH]c2=O)C[C@@H]1O. The third kappa shape index (κ3) is 2.56. The Bertz CT molecular complexity index is 684. The number of alkyl halides is 1. The minimum atomic E-state index is -1.44. The number of nitrogens with one attached hydrogen (secondary N) is 1. The number of aromatic nitrogens is 2. The van der Waals surface area contributed by atoms with Crippen LogP contribution in [-0.4, -0.2) is 30.9 Å². The number of hydrogen-bond donors (Lipinski definition) is 2. The van der Waals surface area contributed by atoms with Crippen molar-refractivity contribution in [2.45, 2.75) is 24.5 Å². The van der Waals surface area contributed by atoms with Gasteiger partial charge >= 0.3 is 5.69 Å². The number of rotatable bonds is 3. The minimum absolute atomic E-state index is 0.0320. The van der Waals surface area contributed by atoms with Crippen LogP contribution in [0.15, 0.2) is 20.9 Å². The number of aliphatic hydroxyl groups is 1. The van der Waals surface area contributed by atoms with E-state index in [4.69, 9.17) is 21.9 Å². The molecular formula is C9H9ClIN5O4. The van der Waals surface area contributed by atoms with Crippen molar-refractivity contribution < 1.29 is 9.84 Å². The lowest BCUT2D eigenvalue weighted by Gasteiger charge is -2.24. The van der Waals surface area contributed by atoms with E-state index in [1.54, 1.807) is 0 Å². The van der Waals surface area contributed by atoms with Crippen LogP contribution in [0, 0.1) is 0 Å². The van der Waals surface area contributed by atoms with E-state index < -0.39 is 29.3 Å². The van der Waals surface area contributed by atoms with E-state index in [1.807, 2.05) is 27.6 Å². The molecule has 0 saturated carbocycles. The number of azide groups is 1. The normalized spacial score (nSPS) is 29.1. The van der Waals surface area contributed by atoms with E-state index in [9.17, 15) is 14.7 Å². The van der Waals surface area contributed by atoms with Gasteiger partial charge in [-0.2, -0.15) is 0 Å². The molecule has 11 heteroatoms. The smallest absolute Gasteiger partial charge is 0.330 e. The highest BCUT2D eigenvalue weighted by Gasteiger charge is 2.48. The summed E-state index contributed by atoms with van der Waals surface area (Å²) in [6.07, 6.45) is -0.797. The fourth-order valence-electron chi connectivity index (χ4n) is 1.90. The molecule has 1 aliphatic heterocycles. The summed E-state index contributed by atoms with van der Waals surface area (Å²) >= 11 is 7.57. The van der Waals surface area contributed by atoms with E-state index in [1.165, 1.54) is 0 Å². The van der Waals surface area contributed by atoms with Crippen molar-refractivity contribution >= 4 is 34.2 Å². The molecule has 1 fully saturated rings. The van der Waals surface area contributed by atoms with E-state index in [0.29, 0.717) is 0 Å². The summed E-state index contributed by atoms with van der Waals surface area (Å²) in [4.78, 5) is 27.6. The van der Waals surface area contributed by atoms with Gasteiger partial charge in [-0.15, -0.1) is 0 Å². The molecule has 1 saturated heterocycles. The Labute approximate surface area is 130 Å². The van der Waals surface area contributed by atoms with Gasteiger partial charge in [0.25, 0.3) is 5.56 Å². The zero-order valence-electron chi connectivity index (χ0n) is 9.86. The molecule has 3 atom stereocenters. The van der Waals surface area contributed by atoms with E-state index in [-0.39, 0.29) is 15.9 Å². The van der Waals surface area contributed by atoms with Crippen molar-refractivity contribution in [2.24, 2.45) is 5.11 Å². The van der Waals surface area contributed by atoms with Crippen LogP contribution in [-0.2, 0) is 4.74 Å². The molecule has 0 unspecified atom stereocenters. The topological polar surface area (TPSA) is 133 Å². The van der Waals surface area contributed by atoms with E-state index in [0.717, 1.165) is 10.8 Å². The minimum Gasteiger partial charge on any atom is -0.390 e. The van der Waals surface area contributed by atoms with Gasteiger partial charge in [0, 0.05) is 22.0 Å². The fraction of sp³-hybridized carbons (Fsp3) is 0.556. The first-order chi connectivity index (χ1) is 9.43. The van der Waals surface area contributed by atoms with Crippen molar-refractivity contribution in [2.75, 3.05) is 4.43 Å². The predicted molar refractivity (Wildman–Crippen MR) is 77.8 cm³/mol. The maximum atomic E-state index is 11.7. The van der Waals surface area contributed by atoms with Crippen LogP contribution >= 0.6 is 34.2 Å². The molecule has 20 heavy (non-hydrogen) atoms. The molecule has 9 nitrogen and oxygen atoms in total. The molecule has 1 aromatic heterocycles. The third-order valence-corrected chi connectivity index (χ3v) is 4.29. The summed E-state index contributed by atoms with van der Waals surface area (Å²) in [6, 6.07) is 0. The summed E-state index contributed by atoms with van der Waals surface area (Å²) < 4.78 is 6.77. The van der Waals surface area contributed by atoms with Crippen LogP contribution < -0.4 is 11.2 Å². The quantitative estimate of drug-likeness (QED) is 0.250. The van der Waals surface area contributed by atoms with Crippen LogP contribution in [0.25, 0.3) is 10.4 Å². The van der Waals surface area contributed by atoms with Gasteiger partial charge in [-0.25, -0.2) is 4.79 Å². The molecule has 0 aliphatic carbocycles. The third-order valence-electron chi connectivity index (χ3n) is 2.93. The van der Waals surface area contributed by atoms with Crippen molar-refractivity contribution in [3.8, 4) is 0 Å². The summed E-state index contributed by atoms with van der Waals surface area (Å²) in [5, 5.41) is 13.3. The zero-order chi connectivity index (χ0) is 14.9. The Kier molecular flexibility index (Phi) is 4.39. The maximum Gasteiger partial charge on any atom is 0.330 e. The molecule has 0 bridgehead atoms. The highest BCUT2D eigenvalue weighted by molar-refractivity contribution is 14.1. The highest BCUT2D eigenvalue weighted by Crippen LogP contribution is 2.38. The molecule has 0 amide bonds. The number of halogens is 2. The van der Waals surface area contributed by atoms with Crippen molar-refractivity contribution in [3.63, 3.8) is 0 Å². The molecule has 2 rings (SSSR count). The first-order valence-electron chi connectivity index (χ1n) is 5.42. The number of H-pyrrole nitrogens is 1. The molecule has 2 N–H and O–H groups in total. The van der Waals surface area contributed by atoms with Crippen molar-refractivity contribution in [3.05, 3.63) is 42.5 Å². The van der Waals surface area contributed by atoms with Gasteiger partial charge in [0.15, 0.2) is 5.72 Å². The van der Waals surface area contributed by atoms with Gasteiger partial charge < -0.3 is 9.84 Å². The summed E-state index contributed by atoms with van der Waals surface area (Å²) in [5.74, 6) is 0. The Morgan fingerprint density at radius 1 is 1.75 bits per heavy atom. The first-order valence-corrected chi connectivity index (χ1v) is 7.33. The van der Waals surface area contributed by atoms with Crippen LogP contribution in [0.5, 0.6) is 0 Å². The van der Waals surface area contributed by atoms with Gasteiger partial charge in [0.2, 0.25) is 0 Å². The molecular weight excluding hydrogens is 404 g/mol. The lowest BCUT2D eigenvalue weighted by molar-refractivity contribution is -0.0819. The van der Waals surface area contributed by atoms with Gasteiger partial charge in [0.05, 0.1) is 6.10 Å². The Morgan fingerprint density at radius 3 is 3.05 bits per heavy atom. The first kappa shape index (κ1) is 15.3. The Morgan fingerprint density at radius 2 is 2.45 bits per heavy atom. The number of ether oxygens (including phenoxy) is 1. The molecule has 2 heterocycles. The second kappa shape index (κ2) is 5.74. The lowest BCUT2D eigenvalue weighted by Crippen LogP contribution is -2.39. The Hall–Kier alpha value is -1.07. The standard InChI is InChI=1S/C9H9ClIN5O4/c10-4-2-16(8(19)13-7(4)18)6-1-5(17)9(3-11,20-6)14-15-12/h2,5-6,17H,1,3H2,(H,13,18,19)/t5-,6+,9+/m0/s1. The van der Waals surface area contributed by atoms with E-state index in [2.05, 4.69) is 10.0 Å². The summed E-state index contributed by atoms with van der Waals surface area (Å²) in [6.45, 7) is 0. The number of hydrogen-bond acceptors (Lipinski definition) is 5. The predicted octanol–water partition coefficient (Wildman–Crippen LogP) is 0.911. The highest BCUT2D eigenvalue weighted by atomic mass is 127. The van der Waals surface area contributed by atoms with Gasteiger partial charge in [-0.1, -0.05) is 39.3 Å². The average molecular weight is 414 g/mol. The maximum absolute atomic E-state index is 11.7. The monoisotopic (exact) mass is 413 g/mol. The number of aliphatic hydroxyl groups excluding tert-OH is 1. The van der Waals surface area contributed by atoms with Crippen molar-refractivity contribution in [1.82, 2.24) is 9.55 Å². The molecule has 0 radical (unpaired) electrons. The second-order valence-corrected chi connectivity index (χ2v) is 5.31. The summed E-state index contributed by atoms with van der Waals surface area (Å²) in [5.41, 5.74) is 5.69. The zero-order valence-corrected chi connectivity index (χ0v) is 12.8. The average Bonchev–Trinajstić information content (AvgIpc) is 2.72. The van der Waals surface area contributed by atoms with E-state index >= 15 is 0 Å². The molecule has 1 aromatic rings. The molecule has 0 spiro atoms. The second-order valence-electron chi connectivity index (χ2n) is 4.14.